The Morgan fingerprint density at radius 3 is 2.21 bits per heavy atom. The average Bonchev–Trinajstić information content (AvgIpc) is 3.05. The molecule has 1 atom stereocenters. The molecule has 4 nitrogen and oxygen atoms in total. The van der Waals surface area contributed by atoms with Gasteiger partial charge in [0.1, 0.15) is 5.82 Å². The van der Waals surface area contributed by atoms with Crippen molar-refractivity contribution in [2.45, 2.75) is 40.5 Å². The van der Waals surface area contributed by atoms with Crippen molar-refractivity contribution in [3.05, 3.63) is 126 Å². The molecule has 202 valence electrons. The van der Waals surface area contributed by atoms with E-state index in [1.54, 1.807) is 38.3 Å². The first-order valence-corrected chi connectivity index (χ1v) is 12.4. The van der Waals surface area contributed by atoms with Crippen LogP contribution in [0.1, 0.15) is 51.7 Å². The van der Waals surface area contributed by atoms with E-state index in [0.29, 0.717) is 12.8 Å². The number of aliphatic imine (C=N–C) groups is 1. The van der Waals surface area contributed by atoms with Crippen molar-refractivity contribution >= 4 is 17.3 Å². The van der Waals surface area contributed by atoms with Crippen molar-refractivity contribution in [3.8, 4) is 0 Å². The number of hydrogen-bond acceptors (Lipinski definition) is 3. The number of para-hydroxylation sites is 1. The van der Waals surface area contributed by atoms with Gasteiger partial charge in [0, 0.05) is 29.6 Å². The van der Waals surface area contributed by atoms with Crippen molar-refractivity contribution in [2.75, 3.05) is 12.4 Å². The van der Waals surface area contributed by atoms with Gasteiger partial charge < -0.3 is 10.6 Å². The van der Waals surface area contributed by atoms with Gasteiger partial charge in [-0.05, 0) is 70.9 Å². The van der Waals surface area contributed by atoms with Crippen LogP contribution in [-0.4, -0.2) is 18.7 Å². The molecule has 3 rings (SSSR count). The standard InChI is InChI=1S/C23H24FN3O.C5H8.C4H7F/c1-4-16(23(28)25-3)11-14-20-15(2)26-21-8-6-5-7-19(21)22(27-20)17-9-12-18(24)13-10-17;1-4-5(2)3;1-3-4(2)5/h4-10,12-13,16,26H,1,11,14H2,2-3H3,(H,25,28);4H,1-2H2,3H3;3H,1-2H3/b;;4-3+. The van der Waals surface area contributed by atoms with Crippen LogP contribution in [0.5, 0.6) is 0 Å². The van der Waals surface area contributed by atoms with Crippen molar-refractivity contribution in [1.82, 2.24) is 5.32 Å². The first-order chi connectivity index (χ1) is 18.1. The molecule has 0 bridgehead atoms. The molecule has 38 heavy (non-hydrogen) atoms. The van der Waals surface area contributed by atoms with Crippen LogP contribution >= 0.6 is 0 Å². The molecule has 1 aliphatic rings. The summed E-state index contributed by atoms with van der Waals surface area (Å²) in [5.74, 6) is -0.734. The lowest BCUT2D eigenvalue weighted by Gasteiger charge is -2.13. The predicted octanol–water partition coefficient (Wildman–Crippen LogP) is 8.28. The van der Waals surface area contributed by atoms with Gasteiger partial charge in [0.05, 0.1) is 23.2 Å². The molecule has 1 heterocycles. The summed E-state index contributed by atoms with van der Waals surface area (Å²) in [7, 11) is 1.62. The molecule has 0 fully saturated rings. The van der Waals surface area contributed by atoms with Gasteiger partial charge in [-0.25, -0.2) is 8.78 Å². The third-order valence-corrected chi connectivity index (χ3v) is 5.61. The summed E-state index contributed by atoms with van der Waals surface area (Å²) in [4.78, 5) is 16.9. The highest BCUT2D eigenvalue weighted by Crippen LogP contribution is 2.29. The number of amides is 1. The molecule has 0 radical (unpaired) electrons. The fourth-order valence-corrected chi connectivity index (χ4v) is 3.26. The van der Waals surface area contributed by atoms with E-state index >= 15 is 0 Å². The maximum atomic E-state index is 13.4. The van der Waals surface area contributed by atoms with Gasteiger partial charge in [-0.15, -0.1) is 6.58 Å². The van der Waals surface area contributed by atoms with Crippen molar-refractivity contribution < 1.29 is 13.6 Å². The Kier molecular flexibility index (Phi) is 14.0. The second kappa shape index (κ2) is 16.6. The number of carbonyl (C=O) groups is 1. The highest BCUT2D eigenvalue weighted by atomic mass is 19.1. The highest BCUT2D eigenvalue weighted by Gasteiger charge is 2.20. The maximum absolute atomic E-state index is 13.4. The van der Waals surface area contributed by atoms with Crippen molar-refractivity contribution in [1.29, 1.82) is 0 Å². The van der Waals surface area contributed by atoms with Crippen LogP contribution < -0.4 is 10.6 Å². The molecule has 0 saturated heterocycles. The van der Waals surface area contributed by atoms with E-state index < -0.39 is 0 Å². The van der Waals surface area contributed by atoms with Gasteiger partial charge in [-0.2, -0.15) is 0 Å². The van der Waals surface area contributed by atoms with Gasteiger partial charge in [0.2, 0.25) is 5.91 Å². The number of nitrogens with one attached hydrogen (secondary N) is 2. The van der Waals surface area contributed by atoms with E-state index in [9.17, 15) is 13.6 Å². The Balaban J connectivity index is 0.000000616. The first-order valence-electron chi connectivity index (χ1n) is 12.4. The number of hydrogen-bond donors (Lipinski definition) is 2. The lowest BCUT2D eigenvalue weighted by molar-refractivity contribution is -0.123. The summed E-state index contributed by atoms with van der Waals surface area (Å²) in [6.07, 6.45) is 6.02. The molecule has 2 aromatic carbocycles. The Labute approximate surface area is 226 Å². The molecule has 1 amide bonds. The van der Waals surface area contributed by atoms with E-state index in [1.165, 1.54) is 25.1 Å². The first kappa shape index (κ1) is 32.0. The normalized spacial score (nSPS) is 13.0. The van der Waals surface area contributed by atoms with Gasteiger partial charge in [0.15, 0.2) is 0 Å². The molecule has 1 unspecified atom stereocenters. The highest BCUT2D eigenvalue weighted by molar-refractivity contribution is 6.16. The number of anilines is 1. The summed E-state index contributed by atoms with van der Waals surface area (Å²) in [6, 6.07) is 14.3. The van der Waals surface area contributed by atoms with Crippen LogP contribution in [0.3, 0.4) is 0 Å². The number of halogens is 2. The molecular formula is C32H39F2N3O. The minimum Gasteiger partial charge on any atom is -0.359 e. The Bertz CT molecular complexity index is 1200. The molecule has 0 aliphatic carbocycles. The van der Waals surface area contributed by atoms with Crippen molar-refractivity contribution in [2.24, 2.45) is 10.9 Å². The van der Waals surface area contributed by atoms with Gasteiger partial charge in [-0.1, -0.05) is 55.2 Å². The number of nitrogens with zero attached hydrogens (tertiary/aromatic N) is 1. The quantitative estimate of drug-likeness (QED) is 0.286. The largest absolute Gasteiger partial charge is 0.359 e. The van der Waals surface area contributed by atoms with Crippen LogP contribution in [0, 0.1) is 11.7 Å². The molecule has 2 N–H and O–H groups in total. The van der Waals surface area contributed by atoms with E-state index in [-0.39, 0.29) is 23.5 Å². The summed E-state index contributed by atoms with van der Waals surface area (Å²) in [6.45, 7) is 17.8. The Morgan fingerprint density at radius 2 is 1.71 bits per heavy atom. The number of fused-ring (bicyclic) bond motifs is 1. The smallest absolute Gasteiger partial charge is 0.226 e. The zero-order chi connectivity index (χ0) is 28.7. The average molecular weight is 520 g/mol. The number of allylic oxidation sites excluding steroid dienone is 6. The summed E-state index contributed by atoms with van der Waals surface area (Å²) in [5, 5.41) is 6.10. The number of carbonyl (C=O) groups excluding carboxylic acids is 1. The second-order valence-electron chi connectivity index (χ2n) is 8.63. The number of rotatable bonds is 7. The molecule has 6 heteroatoms. The van der Waals surface area contributed by atoms with Crippen LogP contribution in [0.15, 0.2) is 114 Å². The third-order valence-electron chi connectivity index (χ3n) is 5.61. The van der Waals surface area contributed by atoms with Crippen LogP contribution in [0.25, 0.3) is 0 Å². The SMILES string of the molecule is C/C=C(\C)F.C=CC(=C)C.C=CC(CCC1=C(C)Nc2ccccc2C(c2ccc(F)cc2)=N1)C(=O)NC. The van der Waals surface area contributed by atoms with E-state index in [4.69, 9.17) is 4.99 Å². The minimum atomic E-state index is -0.282. The van der Waals surface area contributed by atoms with E-state index in [2.05, 4.69) is 30.4 Å². The Hall–Kier alpha value is -4.06. The zero-order valence-corrected chi connectivity index (χ0v) is 23.1. The molecule has 1 aliphatic heterocycles. The maximum Gasteiger partial charge on any atom is 0.226 e. The monoisotopic (exact) mass is 519 g/mol. The van der Waals surface area contributed by atoms with E-state index in [1.807, 2.05) is 38.1 Å². The molecule has 0 spiro atoms. The number of benzene rings is 2. The van der Waals surface area contributed by atoms with Crippen LogP contribution in [0.4, 0.5) is 14.5 Å². The molecule has 2 aromatic rings. The molecular weight excluding hydrogens is 480 g/mol. The summed E-state index contributed by atoms with van der Waals surface area (Å²) in [5.41, 5.74) is 6.35. The topological polar surface area (TPSA) is 53.5 Å². The van der Waals surface area contributed by atoms with E-state index in [0.717, 1.165) is 39.5 Å². The Morgan fingerprint density at radius 1 is 1.13 bits per heavy atom. The predicted molar refractivity (Wildman–Crippen MR) is 157 cm³/mol. The fourth-order valence-electron chi connectivity index (χ4n) is 3.26. The van der Waals surface area contributed by atoms with Gasteiger partial charge in [-0.3, -0.25) is 9.79 Å². The third kappa shape index (κ3) is 10.5. The molecule has 0 saturated carbocycles. The lowest BCUT2D eigenvalue weighted by Crippen LogP contribution is -2.26. The summed E-state index contributed by atoms with van der Waals surface area (Å²) >= 11 is 0. The zero-order valence-electron chi connectivity index (χ0n) is 23.1. The van der Waals surface area contributed by atoms with Gasteiger partial charge >= 0.3 is 0 Å². The second-order valence-corrected chi connectivity index (χ2v) is 8.63. The van der Waals surface area contributed by atoms with Crippen molar-refractivity contribution in [3.63, 3.8) is 0 Å². The molecule has 0 aromatic heterocycles. The minimum absolute atomic E-state index is 0.0548. The van der Waals surface area contributed by atoms with Crippen LogP contribution in [-0.2, 0) is 4.79 Å². The van der Waals surface area contributed by atoms with Crippen LogP contribution in [0.2, 0.25) is 0 Å². The summed E-state index contributed by atoms with van der Waals surface area (Å²) < 4.78 is 24.7. The fraction of sp³-hybridized carbons (Fsp3) is 0.250. The lowest BCUT2D eigenvalue weighted by atomic mass is 9.99. The van der Waals surface area contributed by atoms with Gasteiger partial charge in [0.25, 0.3) is 0 Å².